The minimum absolute atomic E-state index is 0.00488. The average molecular weight is 213 g/mol. The molecular formula is C11H19NO3. The molecule has 86 valence electrons. The van der Waals surface area contributed by atoms with Crippen molar-refractivity contribution >= 4 is 11.9 Å². The predicted molar refractivity (Wildman–Crippen MR) is 56.2 cm³/mol. The van der Waals surface area contributed by atoms with E-state index in [1.165, 1.54) is 13.8 Å². The predicted octanol–water partition coefficient (Wildman–Crippen LogP) is 1.24. The lowest BCUT2D eigenvalue weighted by molar-refractivity contribution is -0.142. The van der Waals surface area contributed by atoms with Crippen molar-refractivity contribution in [3.63, 3.8) is 0 Å². The van der Waals surface area contributed by atoms with Crippen LogP contribution in [0.3, 0.4) is 0 Å². The molecule has 1 fully saturated rings. The van der Waals surface area contributed by atoms with Crippen LogP contribution in [0.5, 0.6) is 0 Å². The molecule has 0 aliphatic heterocycles. The molecular weight excluding hydrogens is 194 g/mol. The van der Waals surface area contributed by atoms with E-state index in [-0.39, 0.29) is 23.8 Å². The molecule has 4 nitrogen and oxygen atoms in total. The maximum absolute atomic E-state index is 11.0. The van der Waals surface area contributed by atoms with Crippen LogP contribution in [0.15, 0.2) is 0 Å². The Morgan fingerprint density at radius 3 is 2.53 bits per heavy atom. The third kappa shape index (κ3) is 4.32. The number of esters is 1. The summed E-state index contributed by atoms with van der Waals surface area (Å²) in [5.41, 5.74) is 0. The number of carbonyl (C=O) groups excluding carboxylic acids is 2. The van der Waals surface area contributed by atoms with Gasteiger partial charge in [0, 0.05) is 25.8 Å². The number of hydrogen-bond acceptors (Lipinski definition) is 3. The first-order chi connectivity index (χ1) is 7.09. The standard InChI is InChI=1S/C11H19NO3/c1-8(13)12-11-6-4-3-5-10(11)7-15-9(2)14/h10-11H,3-7H2,1-2H3,(H,12,13)/t10-,11-/m0/s1. The summed E-state index contributed by atoms with van der Waals surface area (Å²) in [6.45, 7) is 3.37. The Kier molecular flexibility index (Phi) is 4.59. The monoisotopic (exact) mass is 213 g/mol. The Balaban J connectivity index is 2.42. The van der Waals surface area contributed by atoms with Gasteiger partial charge in [0.25, 0.3) is 0 Å². The third-order valence-corrected chi connectivity index (χ3v) is 2.80. The molecule has 0 aromatic heterocycles. The number of amides is 1. The average Bonchev–Trinajstić information content (AvgIpc) is 2.15. The van der Waals surface area contributed by atoms with Crippen LogP contribution >= 0.6 is 0 Å². The molecule has 0 aromatic carbocycles. The zero-order chi connectivity index (χ0) is 11.3. The molecule has 1 aliphatic carbocycles. The molecule has 15 heavy (non-hydrogen) atoms. The van der Waals surface area contributed by atoms with Gasteiger partial charge in [-0.25, -0.2) is 0 Å². The molecule has 1 aliphatic rings. The Hall–Kier alpha value is -1.06. The molecule has 0 spiro atoms. The van der Waals surface area contributed by atoms with Crippen LogP contribution in [0.1, 0.15) is 39.5 Å². The Bertz CT molecular complexity index is 240. The van der Waals surface area contributed by atoms with Gasteiger partial charge < -0.3 is 10.1 Å². The summed E-state index contributed by atoms with van der Waals surface area (Å²) in [5, 5.41) is 2.93. The largest absolute Gasteiger partial charge is 0.465 e. The number of rotatable bonds is 3. The van der Waals surface area contributed by atoms with Crippen molar-refractivity contribution in [2.45, 2.75) is 45.6 Å². The molecule has 2 atom stereocenters. The minimum Gasteiger partial charge on any atom is -0.465 e. The van der Waals surface area contributed by atoms with Gasteiger partial charge in [0.05, 0.1) is 6.61 Å². The van der Waals surface area contributed by atoms with E-state index >= 15 is 0 Å². The first kappa shape index (κ1) is 12.0. The summed E-state index contributed by atoms with van der Waals surface area (Å²) >= 11 is 0. The Morgan fingerprint density at radius 2 is 1.93 bits per heavy atom. The van der Waals surface area contributed by atoms with Gasteiger partial charge in [0.1, 0.15) is 0 Å². The fourth-order valence-corrected chi connectivity index (χ4v) is 2.08. The van der Waals surface area contributed by atoms with Crippen LogP contribution in [0.4, 0.5) is 0 Å². The first-order valence-corrected chi connectivity index (χ1v) is 5.50. The molecule has 0 radical (unpaired) electrons. The Labute approximate surface area is 90.4 Å². The van der Waals surface area contributed by atoms with E-state index in [1.807, 2.05) is 0 Å². The molecule has 1 amide bonds. The van der Waals surface area contributed by atoms with Gasteiger partial charge in [-0.3, -0.25) is 9.59 Å². The summed E-state index contributed by atoms with van der Waals surface area (Å²) in [5.74, 6) is 0.0309. The maximum Gasteiger partial charge on any atom is 0.302 e. The molecule has 0 bridgehead atoms. The SMILES string of the molecule is CC(=O)N[C@H]1CCCC[C@H]1COC(C)=O. The van der Waals surface area contributed by atoms with Gasteiger partial charge in [0.2, 0.25) is 5.91 Å². The van der Waals surface area contributed by atoms with Gasteiger partial charge in [-0.15, -0.1) is 0 Å². The van der Waals surface area contributed by atoms with E-state index < -0.39 is 0 Å². The zero-order valence-corrected chi connectivity index (χ0v) is 9.41. The van der Waals surface area contributed by atoms with E-state index in [4.69, 9.17) is 4.74 Å². The summed E-state index contributed by atoms with van der Waals surface area (Å²) < 4.78 is 5.00. The van der Waals surface area contributed by atoms with Crippen molar-refractivity contribution in [3.05, 3.63) is 0 Å². The van der Waals surface area contributed by atoms with Crippen LogP contribution in [0, 0.1) is 5.92 Å². The van der Waals surface area contributed by atoms with Crippen molar-refractivity contribution in [1.82, 2.24) is 5.32 Å². The van der Waals surface area contributed by atoms with Crippen molar-refractivity contribution in [2.75, 3.05) is 6.61 Å². The second kappa shape index (κ2) is 5.73. The molecule has 4 heteroatoms. The van der Waals surface area contributed by atoms with Crippen molar-refractivity contribution in [1.29, 1.82) is 0 Å². The fraction of sp³-hybridized carbons (Fsp3) is 0.818. The first-order valence-electron chi connectivity index (χ1n) is 5.50. The summed E-state index contributed by atoms with van der Waals surface area (Å²) in [6.07, 6.45) is 4.31. The lowest BCUT2D eigenvalue weighted by atomic mass is 9.85. The molecule has 1 saturated carbocycles. The molecule has 0 unspecified atom stereocenters. The molecule has 1 N–H and O–H groups in total. The molecule has 1 rings (SSSR count). The van der Waals surface area contributed by atoms with Crippen LogP contribution in [0.2, 0.25) is 0 Å². The molecule has 0 heterocycles. The lowest BCUT2D eigenvalue weighted by Gasteiger charge is -2.31. The highest BCUT2D eigenvalue weighted by atomic mass is 16.5. The third-order valence-electron chi connectivity index (χ3n) is 2.80. The summed E-state index contributed by atoms with van der Waals surface area (Å²) in [4.78, 5) is 21.7. The maximum atomic E-state index is 11.0. The lowest BCUT2D eigenvalue weighted by Crippen LogP contribution is -2.43. The highest BCUT2D eigenvalue weighted by molar-refractivity contribution is 5.73. The van der Waals surface area contributed by atoms with Gasteiger partial charge in [0.15, 0.2) is 0 Å². The quantitative estimate of drug-likeness (QED) is 0.718. The van der Waals surface area contributed by atoms with Crippen LogP contribution in [-0.4, -0.2) is 24.5 Å². The van der Waals surface area contributed by atoms with E-state index in [2.05, 4.69) is 5.32 Å². The van der Waals surface area contributed by atoms with Gasteiger partial charge in [-0.2, -0.15) is 0 Å². The topological polar surface area (TPSA) is 55.4 Å². The van der Waals surface area contributed by atoms with Crippen LogP contribution < -0.4 is 5.32 Å². The van der Waals surface area contributed by atoms with E-state index in [1.54, 1.807) is 0 Å². The number of hydrogen-bond donors (Lipinski definition) is 1. The highest BCUT2D eigenvalue weighted by Crippen LogP contribution is 2.24. The van der Waals surface area contributed by atoms with Gasteiger partial charge in [-0.1, -0.05) is 12.8 Å². The number of ether oxygens (including phenoxy) is 1. The smallest absolute Gasteiger partial charge is 0.302 e. The van der Waals surface area contributed by atoms with Gasteiger partial charge >= 0.3 is 5.97 Å². The van der Waals surface area contributed by atoms with Crippen LogP contribution in [-0.2, 0) is 14.3 Å². The number of carbonyl (C=O) groups is 2. The zero-order valence-electron chi connectivity index (χ0n) is 9.41. The minimum atomic E-state index is -0.248. The highest BCUT2D eigenvalue weighted by Gasteiger charge is 2.26. The summed E-state index contributed by atoms with van der Waals surface area (Å²) in [6, 6.07) is 0.176. The van der Waals surface area contributed by atoms with Crippen LogP contribution in [0.25, 0.3) is 0 Å². The van der Waals surface area contributed by atoms with E-state index in [0.717, 1.165) is 25.7 Å². The normalized spacial score (nSPS) is 25.7. The second-order valence-electron chi connectivity index (χ2n) is 4.15. The molecule has 0 aromatic rings. The molecule has 0 saturated heterocycles. The number of nitrogens with one attached hydrogen (secondary N) is 1. The Morgan fingerprint density at radius 1 is 1.27 bits per heavy atom. The van der Waals surface area contributed by atoms with Crippen molar-refractivity contribution in [2.24, 2.45) is 5.92 Å². The van der Waals surface area contributed by atoms with E-state index in [0.29, 0.717) is 6.61 Å². The second-order valence-corrected chi connectivity index (χ2v) is 4.15. The van der Waals surface area contributed by atoms with Gasteiger partial charge in [-0.05, 0) is 12.8 Å². The van der Waals surface area contributed by atoms with E-state index in [9.17, 15) is 9.59 Å². The van der Waals surface area contributed by atoms with Crippen molar-refractivity contribution < 1.29 is 14.3 Å². The fourth-order valence-electron chi connectivity index (χ4n) is 2.08. The van der Waals surface area contributed by atoms with Crippen molar-refractivity contribution in [3.8, 4) is 0 Å². The summed E-state index contributed by atoms with van der Waals surface area (Å²) in [7, 11) is 0.